The SMILES string of the molecule is NCC1CCC(Cl)CC1CN. The average molecular weight is 177 g/mol. The van der Waals surface area contributed by atoms with Gasteiger partial charge < -0.3 is 11.5 Å². The van der Waals surface area contributed by atoms with Crippen LogP contribution in [0, 0.1) is 11.8 Å². The number of hydrogen-bond acceptors (Lipinski definition) is 2. The smallest absolute Gasteiger partial charge is 0.0339 e. The van der Waals surface area contributed by atoms with Gasteiger partial charge in [-0.05, 0) is 44.2 Å². The van der Waals surface area contributed by atoms with Crippen LogP contribution in [-0.2, 0) is 0 Å². The van der Waals surface area contributed by atoms with Gasteiger partial charge >= 0.3 is 0 Å². The first-order valence-electron chi connectivity index (χ1n) is 4.32. The Kier molecular flexibility index (Phi) is 3.63. The van der Waals surface area contributed by atoms with Crippen molar-refractivity contribution < 1.29 is 0 Å². The van der Waals surface area contributed by atoms with Gasteiger partial charge in [-0.25, -0.2) is 0 Å². The van der Waals surface area contributed by atoms with E-state index in [1.54, 1.807) is 0 Å². The summed E-state index contributed by atoms with van der Waals surface area (Å²) in [6, 6.07) is 0. The van der Waals surface area contributed by atoms with Crippen LogP contribution in [0.15, 0.2) is 0 Å². The maximum absolute atomic E-state index is 6.02. The zero-order valence-electron chi connectivity index (χ0n) is 6.80. The van der Waals surface area contributed by atoms with Crippen molar-refractivity contribution in [3.63, 3.8) is 0 Å². The van der Waals surface area contributed by atoms with Gasteiger partial charge in [-0.15, -0.1) is 11.6 Å². The van der Waals surface area contributed by atoms with E-state index in [4.69, 9.17) is 23.1 Å². The third-order valence-electron chi connectivity index (χ3n) is 2.68. The molecular formula is C8H17ClN2. The Labute approximate surface area is 73.3 Å². The van der Waals surface area contributed by atoms with E-state index in [1.807, 2.05) is 0 Å². The standard InChI is InChI=1S/C8H17ClN2/c9-8-2-1-6(4-10)7(3-8)5-11/h6-8H,1-5,10-11H2. The van der Waals surface area contributed by atoms with Crippen molar-refractivity contribution in [1.82, 2.24) is 0 Å². The number of alkyl halides is 1. The molecule has 0 bridgehead atoms. The summed E-state index contributed by atoms with van der Waals surface area (Å²) in [4.78, 5) is 0. The summed E-state index contributed by atoms with van der Waals surface area (Å²) in [5.74, 6) is 1.19. The summed E-state index contributed by atoms with van der Waals surface area (Å²) in [6.45, 7) is 1.51. The fraction of sp³-hybridized carbons (Fsp3) is 1.00. The molecule has 0 saturated heterocycles. The second-order valence-corrected chi connectivity index (χ2v) is 4.02. The Morgan fingerprint density at radius 1 is 1.09 bits per heavy atom. The summed E-state index contributed by atoms with van der Waals surface area (Å²) in [6.07, 6.45) is 3.33. The van der Waals surface area contributed by atoms with Crippen LogP contribution in [0.25, 0.3) is 0 Å². The van der Waals surface area contributed by atoms with Crippen LogP contribution in [-0.4, -0.2) is 18.5 Å². The zero-order valence-corrected chi connectivity index (χ0v) is 7.56. The second kappa shape index (κ2) is 4.29. The largest absolute Gasteiger partial charge is 0.330 e. The molecule has 1 aliphatic carbocycles. The highest BCUT2D eigenvalue weighted by Gasteiger charge is 2.27. The lowest BCUT2D eigenvalue weighted by atomic mass is 9.79. The fourth-order valence-corrected chi connectivity index (χ4v) is 2.22. The van der Waals surface area contributed by atoms with Crippen molar-refractivity contribution in [2.24, 2.45) is 23.3 Å². The molecule has 3 atom stereocenters. The third-order valence-corrected chi connectivity index (χ3v) is 3.08. The Balaban J connectivity index is 2.41. The molecule has 2 nitrogen and oxygen atoms in total. The van der Waals surface area contributed by atoms with E-state index in [-0.39, 0.29) is 0 Å². The lowest BCUT2D eigenvalue weighted by Gasteiger charge is -2.32. The fourth-order valence-electron chi connectivity index (χ4n) is 1.87. The van der Waals surface area contributed by atoms with Crippen molar-refractivity contribution in [2.75, 3.05) is 13.1 Å². The molecule has 0 aromatic carbocycles. The molecule has 3 unspecified atom stereocenters. The molecule has 1 aliphatic rings. The summed E-state index contributed by atoms with van der Waals surface area (Å²) in [5.41, 5.74) is 11.2. The van der Waals surface area contributed by atoms with Crippen LogP contribution in [0.3, 0.4) is 0 Å². The first kappa shape index (κ1) is 9.30. The van der Waals surface area contributed by atoms with Gasteiger partial charge in [0.05, 0.1) is 0 Å². The van der Waals surface area contributed by atoms with E-state index < -0.39 is 0 Å². The molecule has 1 saturated carbocycles. The van der Waals surface area contributed by atoms with Crippen LogP contribution in [0.2, 0.25) is 0 Å². The van der Waals surface area contributed by atoms with Crippen LogP contribution in [0.4, 0.5) is 0 Å². The highest BCUT2D eigenvalue weighted by molar-refractivity contribution is 6.20. The van der Waals surface area contributed by atoms with E-state index in [0.29, 0.717) is 17.2 Å². The zero-order chi connectivity index (χ0) is 8.27. The Morgan fingerprint density at radius 3 is 2.27 bits per heavy atom. The van der Waals surface area contributed by atoms with Crippen molar-refractivity contribution in [3.05, 3.63) is 0 Å². The molecular weight excluding hydrogens is 160 g/mol. The van der Waals surface area contributed by atoms with Gasteiger partial charge in [-0.2, -0.15) is 0 Å². The summed E-state index contributed by atoms with van der Waals surface area (Å²) in [5, 5.41) is 0.339. The van der Waals surface area contributed by atoms with Gasteiger partial charge in [-0.1, -0.05) is 0 Å². The first-order valence-corrected chi connectivity index (χ1v) is 4.75. The maximum atomic E-state index is 6.02. The maximum Gasteiger partial charge on any atom is 0.0339 e. The van der Waals surface area contributed by atoms with Crippen molar-refractivity contribution in [2.45, 2.75) is 24.6 Å². The van der Waals surface area contributed by atoms with E-state index in [1.165, 1.54) is 0 Å². The van der Waals surface area contributed by atoms with Gasteiger partial charge in [0.1, 0.15) is 0 Å². The minimum Gasteiger partial charge on any atom is -0.330 e. The lowest BCUT2D eigenvalue weighted by Crippen LogP contribution is -2.35. The van der Waals surface area contributed by atoms with Crippen LogP contribution < -0.4 is 11.5 Å². The van der Waals surface area contributed by atoms with Crippen LogP contribution in [0.1, 0.15) is 19.3 Å². The molecule has 0 heterocycles. The summed E-state index contributed by atoms with van der Waals surface area (Å²) >= 11 is 6.02. The molecule has 1 rings (SSSR count). The Morgan fingerprint density at radius 2 is 1.73 bits per heavy atom. The van der Waals surface area contributed by atoms with Gasteiger partial charge in [0, 0.05) is 5.38 Å². The van der Waals surface area contributed by atoms with Gasteiger partial charge in [0.25, 0.3) is 0 Å². The molecule has 0 spiro atoms. The summed E-state index contributed by atoms with van der Waals surface area (Å²) < 4.78 is 0. The topological polar surface area (TPSA) is 52.0 Å². The summed E-state index contributed by atoms with van der Waals surface area (Å²) in [7, 11) is 0. The monoisotopic (exact) mass is 176 g/mol. The molecule has 0 aromatic heterocycles. The average Bonchev–Trinajstić information content (AvgIpc) is 2.04. The number of hydrogen-bond donors (Lipinski definition) is 2. The highest BCUT2D eigenvalue weighted by atomic mass is 35.5. The minimum atomic E-state index is 0.339. The van der Waals surface area contributed by atoms with E-state index >= 15 is 0 Å². The third kappa shape index (κ3) is 2.32. The molecule has 0 aliphatic heterocycles. The first-order chi connectivity index (χ1) is 5.27. The lowest BCUT2D eigenvalue weighted by molar-refractivity contribution is 0.253. The van der Waals surface area contributed by atoms with Crippen molar-refractivity contribution >= 4 is 11.6 Å². The predicted molar refractivity (Wildman–Crippen MR) is 48.6 cm³/mol. The number of halogens is 1. The van der Waals surface area contributed by atoms with E-state index in [9.17, 15) is 0 Å². The Hall–Kier alpha value is 0.210. The molecule has 4 N–H and O–H groups in total. The second-order valence-electron chi connectivity index (χ2n) is 3.40. The molecule has 0 aromatic rings. The molecule has 3 heteroatoms. The van der Waals surface area contributed by atoms with Gasteiger partial charge in [-0.3, -0.25) is 0 Å². The van der Waals surface area contributed by atoms with E-state index in [2.05, 4.69) is 0 Å². The van der Waals surface area contributed by atoms with Crippen molar-refractivity contribution in [3.8, 4) is 0 Å². The van der Waals surface area contributed by atoms with Crippen LogP contribution >= 0.6 is 11.6 Å². The van der Waals surface area contributed by atoms with Crippen molar-refractivity contribution in [1.29, 1.82) is 0 Å². The normalized spacial score (nSPS) is 39.0. The predicted octanol–water partition coefficient (Wildman–Crippen LogP) is 0.927. The van der Waals surface area contributed by atoms with Crippen LogP contribution in [0.5, 0.6) is 0 Å². The minimum absolute atomic E-state index is 0.339. The molecule has 0 radical (unpaired) electrons. The molecule has 11 heavy (non-hydrogen) atoms. The van der Waals surface area contributed by atoms with E-state index in [0.717, 1.165) is 32.4 Å². The molecule has 1 fully saturated rings. The Bertz CT molecular complexity index is 119. The molecule has 0 amide bonds. The van der Waals surface area contributed by atoms with Gasteiger partial charge in [0.15, 0.2) is 0 Å². The number of rotatable bonds is 2. The molecule has 66 valence electrons. The quantitative estimate of drug-likeness (QED) is 0.615. The highest BCUT2D eigenvalue weighted by Crippen LogP contribution is 2.31. The number of nitrogens with two attached hydrogens (primary N) is 2. The van der Waals surface area contributed by atoms with Gasteiger partial charge in [0.2, 0.25) is 0 Å².